The van der Waals surface area contributed by atoms with Gasteiger partial charge in [-0.05, 0) is 0 Å². The molecule has 0 bridgehead atoms. The molecule has 2 N–H and O–H groups in total. The highest BCUT2D eigenvalue weighted by Crippen LogP contribution is 1.79. The predicted molar refractivity (Wildman–Crippen MR) is 24.7 cm³/mol. The Hall–Kier alpha value is -0.440. The average molecular weight is 105 g/mol. The molecule has 0 aromatic carbocycles. The summed E-state index contributed by atoms with van der Waals surface area (Å²) in [6.07, 6.45) is -0.0312. The Bertz CT molecular complexity index is 64.7. The number of rotatable bonds is 3. The molecule has 7 heavy (non-hydrogen) atoms. The summed E-state index contributed by atoms with van der Waals surface area (Å²) in [7, 11) is 0. The fraction of sp³-hybridized carbons (Fsp3) is 0.750. The summed E-state index contributed by atoms with van der Waals surface area (Å²) in [5.41, 5.74) is 4.84. The Balaban J connectivity index is 3.00. The molecule has 42 valence electrons. The van der Waals surface area contributed by atoms with Gasteiger partial charge in [-0.2, -0.15) is 0 Å². The second-order valence-corrected chi connectivity index (χ2v) is 1.18. The van der Waals surface area contributed by atoms with Gasteiger partial charge in [0.2, 0.25) is 0 Å². The second kappa shape index (κ2) is 3.74. The lowest BCUT2D eigenvalue weighted by Crippen LogP contribution is -2.13. The van der Waals surface area contributed by atoms with E-state index in [1.807, 2.05) is 0 Å². The van der Waals surface area contributed by atoms with Gasteiger partial charge in [0.25, 0.3) is 0 Å². The lowest BCUT2D eigenvalue weighted by atomic mass is 10.3. The summed E-state index contributed by atoms with van der Waals surface area (Å²) in [5.74, 6) is -0.220. The van der Waals surface area contributed by atoms with Gasteiger partial charge >= 0.3 is 0 Å². The Morgan fingerprint density at radius 2 is 2.29 bits per heavy atom. The minimum absolute atomic E-state index is 0.0312. The predicted octanol–water partition coefficient (Wildman–Crippen LogP) is -0.126. The first-order valence-electron chi connectivity index (χ1n) is 2.09. The van der Waals surface area contributed by atoms with Crippen LogP contribution < -0.4 is 5.73 Å². The van der Waals surface area contributed by atoms with Crippen molar-refractivity contribution in [2.45, 2.75) is 6.42 Å². The van der Waals surface area contributed by atoms with E-state index in [4.69, 9.17) is 5.73 Å². The van der Waals surface area contributed by atoms with Crippen molar-refractivity contribution in [2.75, 3.05) is 13.2 Å². The molecular formula is C4H8FNO. The van der Waals surface area contributed by atoms with Crippen LogP contribution in [0.15, 0.2) is 0 Å². The number of ketones is 1. The number of Topliss-reactive ketones (excluding diaryl/α,β-unsaturated/α-hetero) is 1. The third-order valence-corrected chi connectivity index (χ3v) is 0.601. The first kappa shape index (κ1) is 6.56. The fourth-order valence-electron chi connectivity index (χ4n) is 0.207. The van der Waals surface area contributed by atoms with Crippen LogP contribution in [0, 0.1) is 0 Å². The second-order valence-electron chi connectivity index (χ2n) is 1.18. The van der Waals surface area contributed by atoms with E-state index >= 15 is 0 Å². The molecule has 0 aromatic rings. The average Bonchev–Trinajstić information content (AvgIpc) is 1.68. The van der Waals surface area contributed by atoms with Crippen LogP contribution in [-0.2, 0) is 4.79 Å². The zero-order valence-electron chi connectivity index (χ0n) is 3.98. The van der Waals surface area contributed by atoms with Crippen molar-refractivity contribution in [1.29, 1.82) is 0 Å². The summed E-state index contributed by atoms with van der Waals surface area (Å²) < 4.78 is 11.2. The first-order valence-corrected chi connectivity index (χ1v) is 2.09. The Morgan fingerprint density at radius 3 is 2.43 bits per heavy atom. The molecular weight excluding hydrogens is 97.0 g/mol. The highest BCUT2D eigenvalue weighted by molar-refractivity contribution is 5.80. The van der Waals surface area contributed by atoms with Crippen LogP contribution in [0.2, 0.25) is 0 Å². The number of hydrogen-bond donors (Lipinski definition) is 1. The van der Waals surface area contributed by atoms with Crippen LogP contribution in [0.3, 0.4) is 0 Å². The van der Waals surface area contributed by atoms with Gasteiger partial charge in [0.05, 0.1) is 13.2 Å². The standard InChI is InChI=1S/C4H8FNO/c5-2-1-4(7)3-6/h1-3,6H2. The van der Waals surface area contributed by atoms with E-state index in [2.05, 4.69) is 0 Å². The van der Waals surface area contributed by atoms with E-state index < -0.39 is 6.67 Å². The monoisotopic (exact) mass is 105 g/mol. The summed E-state index contributed by atoms with van der Waals surface area (Å²) >= 11 is 0. The van der Waals surface area contributed by atoms with Crippen molar-refractivity contribution < 1.29 is 9.18 Å². The summed E-state index contributed by atoms with van der Waals surface area (Å²) in [6.45, 7) is -0.625. The van der Waals surface area contributed by atoms with Gasteiger partial charge < -0.3 is 5.73 Å². The molecule has 0 aliphatic carbocycles. The van der Waals surface area contributed by atoms with Gasteiger partial charge in [-0.15, -0.1) is 0 Å². The Labute approximate surface area is 41.5 Å². The van der Waals surface area contributed by atoms with E-state index in [0.29, 0.717) is 0 Å². The van der Waals surface area contributed by atoms with Crippen molar-refractivity contribution in [3.8, 4) is 0 Å². The number of carbonyl (C=O) groups excluding carboxylic acids is 1. The molecule has 0 unspecified atom stereocenters. The van der Waals surface area contributed by atoms with Gasteiger partial charge in [-0.25, -0.2) is 0 Å². The summed E-state index contributed by atoms with van der Waals surface area (Å²) in [4.78, 5) is 10.0. The van der Waals surface area contributed by atoms with Crippen molar-refractivity contribution in [3.63, 3.8) is 0 Å². The molecule has 0 saturated carbocycles. The van der Waals surface area contributed by atoms with Gasteiger partial charge in [-0.1, -0.05) is 0 Å². The minimum Gasteiger partial charge on any atom is -0.324 e. The maximum atomic E-state index is 11.2. The van der Waals surface area contributed by atoms with E-state index in [1.165, 1.54) is 0 Å². The highest BCUT2D eigenvalue weighted by Gasteiger charge is 1.93. The van der Waals surface area contributed by atoms with E-state index in [1.54, 1.807) is 0 Å². The molecule has 3 heteroatoms. The van der Waals surface area contributed by atoms with Crippen molar-refractivity contribution in [1.82, 2.24) is 0 Å². The fourth-order valence-corrected chi connectivity index (χ4v) is 0.207. The molecule has 0 spiro atoms. The minimum atomic E-state index is -0.587. The van der Waals surface area contributed by atoms with Crippen LogP contribution in [0.1, 0.15) is 6.42 Å². The molecule has 0 radical (unpaired) electrons. The molecule has 0 atom stereocenters. The summed E-state index contributed by atoms with van der Waals surface area (Å²) in [6, 6.07) is 0. The SMILES string of the molecule is NCC(=O)CCF. The molecule has 2 nitrogen and oxygen atoms in total. The van der Waals surface area contributed by atoms with E-state index in [9.17, 15) is 9.18 Å². The number of hydrogen-bond acceptors (Lipinski definition) is 2. The van der Waals surface area contributed by atoms with Gasteiger partial charge in [0, 0.05) is 6.42 Å². The third-order valence-electron chi connectivity index (χ3n) is 0.601. The maximum absolute atomic E-state index is 11.2. The lowest BCUT2D eigenvalue weighted by molar-refractivity contribution is -0.117. The largest absolute Gasteiger partial charge is 0.324 e. The van der Waals surface area contributed by atoms with Crippen LogP contribution >= 0.6 is 0 Å². The smallest absolute Gasteiger partial charge is 0.148 e. The van der Waals surface area contributed by atoms with Crippen molar-refractivity contribution >= 4 is 5.78 Å². The quantitative estimate of drug-likeness (QED) is 0.543. The molecule has 0 aliphatic rings. The van der Waals surface area contributed by atoms with E-state index in [-0.39, 0.29) is 18.7 Å². The summed E-state index contributed by atoms with van der Waals surface area (Å²) in [5, 5.41) is 0. The Morgan fingerprint density at radius 1 is 1.71 bits per heavy atom. The first-order chi connectivity index (χ1) is 3.31. The molecule has 0 rings (SSSR count). The van der Waals surface area contributed by atoms with Crippen LogP contribution in [0.4, 0.5) is 4.39 Å². The maximum Gasteiger partial charge on any atom is 0.148 e. The van der Waals surface area contributed by atoms with Crippen molar-refractivity contribution in [2.24, 2.45) is 5.73 Å². The third kappa shape index (κ3) is 3.39. The number of halogens is 1. The van der Waals surface area contributed by atoms with Crippen LogP contribution in [-0.4, -0.2) is 19.0 Å². The topological polar surface area (TPSA) is 43.1 Å². The molecule has 0 aromatic heterocycles. The van der Waals surface area contributed by atoms with Crippen molar-refractivity contribution in [3.05, 3.63) is 0 Å². The zero-order valence-corrected chi connectivity index (χ0v) is 3.98. The van der Waals surface area contributed by atoms with Gasteiger partial charge in [0.1, 0.15) is 5.78 Å². The Kier molecular flexibility index (Phi) is 3.50. The number of nitrogens with two attached hydrogens (primary N) is 1. The number of alkyl halides is 1. The molecule has 0 heterocycles. The number of carbonyl (C=O) groups is 1. The highest BCUT2D eigenvalue weighted by atomic mass is 19.1. The molecule has 0 aliphatic heterocycles. The van der Waals surface area contributed by atoms with Crippen LogP contribution in [0.5, 0.6) is 0 Å². The molecule has 0 fully saturated rings. The van der Waals surface area contributed by atoms with Crippen LogP contribution in [0.25, 0.3) is 0 Å². The van der Waals surface area contributed by atoms with Gasteiger partial charge in [-0.3, -0.25) is 9.18 Å². The lowest BCUT2D eigenvalue weighted by Gasteiger charge is -1.85. The zero-order chi connectivity index (χ0) is 5.70. The molecule has 0 amide bonds. The molecule has 0 saturated heterocycles. The van der Waals surface area contributed by atoms with E-state index in [0.717, 1.165) is 0 Å². The van der Waals surface area contributed by atoms with Gasteiger partial charge in [0.15, 0.2) is 0 Å². The normalized spacial score (nSPS) is 8.86.